The first kappa shape index (κ1) is 22.4. The lowest BCUT2D eigenvalue weighted by molar-refractivity contribution is -0.156. The van der Waals surface area contributed by atoms with Crippen molar-refractivity contribution in [3.63, 3.8) is 0 Å². The van der Waals surface area contributed by atoms with Gasteiger partial charge in [0, 0.05) is 6.54 Å². The van der Waals surface area contributed by atoms with Crippen molar-refractivity contribution in [2.24, 2.45) is 11.7 Å². The Balaban J connectivity index is 1.88. The highest BCUT2D eigenvalue weighted by molar-refractivity contribution is 7.81. The lowest BCUT2D eigenvalue weighted by Gasteiger charge is -2.27. The number of ether oxygens (including phenoxy) is 1. The maximum Gasteiger partial charge on any atom is 0.424 e. The predicted molar refractivity (Wildman–Crippen MR) is 95.3 cm³/mol. The monoisotopic (exact) mass is 421 g/mol. The van der Waals surface area contributed by atoms with Gasteiger partial charge >= 0.3 is 22.4 Å². The Kier molecular flexibility index (Phi) is 7.61. The molecule has 2 saturated heterocycles. The molecule has 0 saturated carbocycles. The average Bonchev–Trinajstić information content (AvgIpc) is 2.85. The number of carbonyl (C=O) groups is 3. The zero-order valence-electron chi connectivity index (χ0n) is 16.0. The summed E-state index contributed by atoms with van der Waals surface area (Å²) in [5.74, 6) is -1.52. The van der Waals surface area contributed by atoms with Gasteiger partial charge in [-0.3, -0.25) is 9.59 Å². The smallest absolute Gasteiger partial charge is 0.424 e. The van der Waals surface area contributed by atoms with Gasteiger partial charge in [0.05, 0.1) is 12.0 Å². The van der Waals surface area contributed by atoms with Crippen LogP contribution in [0.5, 0.6) is 0 Å². The third kappa shape index (κ3) is 5.32. The third-order valence-corrected chi connectivity index (χ3v) is 5.55. The maximum atomic E-state index is 12.3. The SMILES string of the molecule is CCCC(CCC)C(=O)OCOS(=O)(=O)ON1C(=O)N2C[C@H]1CC[C@H]2C(N)=O. The minimum Gasteiger partial charge on any atom is -0.437 e. The van der Waals surface area contributed by atoms with Gasteiger partial charge in [-0.2, -0.15) is 13.5 Å². The van der Waals surface area contributed by atoms with Crippen LogP contribution in [-0.4, -0.2) is 61.7 Å². The number of carbonyl (C=O) groups excluding carboxylic acids is 3. The van der Waals surface area contributed by atoms with E-state index in [1.807, 2.05) is 13.8 Å². The van der Waals surface area contributed by atoms with Crippen LogP contribution < -0.4 is 5.73 Å². The summed E-state index contributed by atoms with van der Waals surface area (Å²) in [5.41, 5.74) is 5.26. The number of rotatable bonds is 11. The van der Waals surface area contributed by atoms with Crippen molar-refractivity contribution in [2.45, 2.75) is 64.5 Å². The molecular formula is C16H27N3O8S. The normalized spacial score (nSPS) is 22.0. The number of fused-ring (bicyclic) bond motifs is 2. The highest BCUT2D eigenvalue weighted by atomic mass is 32.3. The number of piperidine rings is 1. The number of amides is 3. The number of hydrogen-bond acceptors (Lipinski definition) is 8. The topological polar surface area (TPSA) is 146 Å². The molecule has 3 amide bonds. The van der Waals surface area contributed by atoms with Gasteiger partial charge in [-0.05, 0) is 25.7 Å². The summed E-state index contributed by atoms with van der Waals surface area (Å²) in [5, 5.41) is 0.664. The first-order chi connectivity index (χ1) is 13.2. The minimum absolute atomic E-state index is 0.132. The Bertz CT molecular complexity index is 692. The minimum atomic E-state index is -4.64. The molecule has 0 unspecified atom stereocenters. The Hall–Kier alpha value is -1.92. The summed E-state index contributed by atoms with van der Waals surface area (Å²) in [6, 6.07) is -2.11. The summed E-state index contributed by atoms with van der Waals surface area (Å²) in [6.45, 7) is 3.16. The number of hydroxylamine groups is 2. The van der Waals surface area contributed by atoms with E-state index in [-0.39, 0.29) is 12.5 Å². The summed E-state index contributed by atoms with van der Waals surface area (Å²) in [7, 11) is -4.64. The second kappa shape index (κ2) is 9.52. The van der Waals surface area contributed by atoms with Crippen molar-refractivity contribution in [3.05, 3.63) is 0 Å². The van der Waals surface area contributed by atoms with E-state index in [9.17, 15) is 22.8 Å². The number of primary amides is 1. The molecule has 2 aliphatic heterocycles. The van der Waals surface area contributed by atoms with Crippen LogP contribution in [0.3, 0.4) is 0 Å². The fourth-order valence-electron chi connectivity index (χ4n) is 3.48. The third-order valence-electron chi connectivity index (χ3n) is 4.82. The van der Waals surface area contributed by atoms with Crippen LogP contribution in [0.4, 0.5) is 4.79 Å². The van der Waals surface area contributed by atoms with Gasteiger partial charge in [0.15, 0.2) is 0 Å². The van der Waals surface area contributed by atoms with Gasteiger partial charge in [-0.15, -0.1) is 4.28 Å². The number of urea groups is 1. The summed E-state index contributed by atoms with van der Waals surface area (Å²) in [4.78, 5) is 36.9. The van der Waals surface area contributed by atoms with E-state index in [0.29, 0.717) is 30.7 Å². The largest absolute Gasteiger partial charge is 0.437 e. The molecule has 2 aliphatic rings. The van der Waals surface area contributed by atoms with E-state index < -0.39 is 47.2 Å². The summed E-state index contributed by atoms with van der Waals surface area (Å²) in [6.07, 6.45) is 3.54. The molecule has 0 aromatic rings. The van der Waals surface area contributed by atoms with Gasteiger partial charge in [0.1, 0.15) is 6.04 Å². The van der Waals surface area contributed by atoms with Crippen molar-refractivity contribution in [1.82, 2.24) is 9.96 Å². The molecule has 0 spiro atoms. The summed E-state index contributed by atoms with van der Waals surface area (Å²) >= 11 is 0. The van der Waals surface area contributed by atoms with Crippen LogP contribution in [0, 0.1) is 5.92 Å². The number of hydrogen-bond donors (Lipinski definition) is 1. The second-order valence-electron chi connectivity index (χ2n) is 6.87. The molecule has 2 rings (SSSR count). The molecule has 0 aliphatic carbocycles. The molecule has 2 fully saturated rings. The molecule has 160 valence electrons. The van der Waals surface area contributed by atoms with Crippen LogP contribution in [0.25, 0.3) is 0 Å². The van der Waals surface area contributed by atoms with E-state index >= 15 is 0 Å². The Morgan fingerprint density at radius 1 is 1.21 bits per heavy atom. The van der Waals surface area contributed by atoms with Gasteiger partial charge in [-0.1, -0.05) is 26.7 Å². The van der Waals surface area contributed by atoms with Crippen molar-refractivity contribution in [1.29, 1.82) is 0 Å². The maximum absolute atomic E-state index is 12.3. The van der Waals surface area contributed by atoms with E-state index in [4.69, 9.17) is 14.8 Å². The Morgan fingerprint density at radius 3 is 2.43 bits per heavy atom. The fourth-order valence-corrected chi connectivity index (χ4v) is 4.07. The number of nitrogens with zero attached hydrogens (tertiary/aromatic N) is 2. The quantitative estimate of drug-likeness (QED) is 0.378. The lowest BCUT2D eigenvalue weighted by Crippen LogP contribution is -2.47. The zero-order valence-corrected chi connectivity index (χ0v) is 16.9. The van der Waals surface area contributed by atoms with E-state index in [0.717, 1.165) is 12.8 Å². The molecule has 12 heteroatoms. The van der Waals surface area contributed by atoms with Crippen molar-refractivity contribution in [3.8, 4) is 0 Å². The number of nitrogens with two attached hydrogens (primary N) is 1. The first-order valence-electron chi connectivity index (χ1n) is 9.34. The zero-order chi connectivity index (χ0) is 20.9. The molecule has 2 N–H and O–H groups in total. The van der Waals surface area contributed by atoms with Crippen LogP contribution >= 0.6 is 0 Å². The van der Waals surface area contributed by atoms with Crippen LogP contribution in [0.1, 0.15) is 52.4 Å². The van der Waals surface area contributed by atoms with E-state index in [2.05, 4.69) is 4.18 Å². The van der Waals surface area contributed by atoms with Crippen molar-refractivity contribution >= 4 is 28.3 Å². The molecular weight excluding hydrogens is 394 g/mol. The van der Waals surface area contributed by atoms with Gasteiger partial charge in [0.2, 0.25) is 12.7 Å². The molecule has 0 aromatic carbocycles. The van der Waals surface area contributed by atoms with Crippen LogP contribution in [0.2, 0.25) is 0 Å². The molecule has 28 heavy (non-hydrogen) atoms. The van der Waals surface area contributed by atoms with E-state index in [1.165, 1.54) is 4.90 Å². The summed E-state index contributed by atoms with van der Waals surface area (Å²) < 4.78 is 38.2. The highest BCUT2D eigenvalue weighted by Crippen LogP contribution is 2.30. The molecule has 0 aromatic heterocycles. The average molecular weight is 421 g/mol. The van der Waals surface area contributed by atoms with Gasteiger partial charge in [0.25, 0.3) is 0 Å². The van der Waals surface area contributed by atoms with Crippen LogP contribution in [-0.2, 0) is 33.2 Å². The standard InChI is InChI=1S/C16H27N3O8S/c1-3-5-11(6-4-2)15(21)25-10-26-28(23,24)27-19-12-7-8-13(14(17)20)18(9-12)16(19)22/h11-13H,3-10H2,1-2H3,(H2,17,20)/t12-,13+/m1/s1. The highest BCUT2D eigenvalue weighted by Gasteiger charge is 2.49. The van der Waals surface area contributed by atoms with E-state index in [1.54, 1.807) is 0 Å². The van der Waals surface area contributed by atoms with Gasteiger partial charge in [-0.25, -0.2) is 8.98 Å². The predicted octanol–water partition coefficient (Wildman–Crippen LogP) is 0.650. The van der Waals surface area contributed by atoms with Crippen LogP contribution in [0.15, 0.2) is 0 Å². The molecule has 0 radical (unpaired) electrons. The van der Waals surface area contributed by atoms with Crippen molar-refractivity contribution < 1.29 is 36.0 Å². The Labute approximate surface area is 164 Å². The molecule has 11 nitrogen and oxygen atoms in total. The first-order valence-corrected chi connectivity index (χ1v) is 10.7. The molecule has 2 atom stereocenters. The number of esters is 1. The van der Waals surface area contributed by atoms with Gasteiger partial charge < -0.3 is 15.4 Å². The van der Waals surface area contributed by atoms with Crippen molar-refractivity contribution in [2.75, 3.05) is 13.3 Å². The second-order valence-corrected chi connectivity index (χ2v) is 8.07. The molecule has 2 bridgehead atoms. The molecule has 2 heterocycles. The Morgan fingerprint density at radius 2 is 1.86 bits per heavy atom. The lowest BCUT2D eigenvalue weighted by atomic mass is 9.99. The fraction of sp³-hybridized carbons (Fsp3) is 0.812.